The van der Waals surface area contributed by atoms with Gasteiger partial charge in [0.15, 0.2) is 0 Å². The summed E-state index contributed by atoms with van der Waals surface area (Å²) in [6.07, 6.45) is -11.8. The highest BCUT2D eigenvalue weighted by Gasteiger charge is 2.78. The van der Waals surface area contributed by atoms with Gasteiger partial charge in [0.2, 0.25) is 0 Å². The van der Waals surface area contributed by atoms with Gasteiger partial charge in [0.1, 0.15) is 0 Å². The lowest BCUT2D eigenvalue weighted by atomic mass is 10.0. The van der Waals surface area contributed by atoms with E-state index in [1.807, 2.05) is 0 Å². The number of hydrogen-bond donors (Lipinski definition) is 2. The summed E-state index contributed by atoms with van der Waals surface area (Å²) in [6, 6.07) is 0. The normalized spacial score (nSPS) is 21.4. The lowest BCUT2D eigenvalue weighted by Gasteiger charge is -2.41. The predicted octanol–water partition coefficient (Wildman–Crippen LogP) is 0.781. The van der Waals surface area contributed by atoms with Gasteiger partial charge < -0.3 is 19.7 Å². The van der Waals surface area contributed by atoms with Crippen LogP contribution < -0.4 is 0 Å². The van der Waals surface area contributed by atoms with Gasteiger partial charge in [-0.2, -0.15) is 26.3 Å². The first-order valence-corrected chi connectivity index (χ1v) is 3.56. The molecule has 0 aliphatic heterocycles. The molecule has 0 amide bonds. The maximum absolute atomic E-state index is 12.2. The summed E-state index contributed by atoms with van der Waals surface area (Å²) in [5.41, 5.74) is 0. The summed E-state index contributed by atoms with van der Waals surface area (Å²) in [5.74, 6) is -9.85. The second kappa shape index (κ2) is 4.02. The molecule has 2 unspecified atom stereocenters. The van der Waals surface area contributed by atoms with Crippen molar-refractivity contribution in [2.75, 3.05) is 14.2 Å². The Hall–Kier alpha value is -0.580. The molecule has 2 atom stereocenters. The zero-order valence-corrected chi connectivity index (χ0v) is 7.98. The average Bonchev–Trinajstić information content (AvgIpc) is 2.11. The molecule has 0 bridgehead atoms. The highest BCUT2D eigenvalue weighted by molar-refractivity contribution is 4.96. The summed E-state index contributed by atoms with van der Waals surface area (Å²) in [7, 11) is 0.284. The van der Waals surface area contributed by atoms with E-state index in [0.29, 0.717) is 0 Å². The van der Waals surface area contributed by atoms with Crippen LogP contribution in [0.3, 0.4) is 0 Å². The van der Waals surface area contributed by atoms with Crippen LogP contribution in [0.5, 0.6) is 0 Å². The van der Waals surface area contributed by atoms with E-state index in [2.05, 4.69) is 9.47 Å². The molecule has 0 saturated carbocycles. The first-order valence-electron chi connectivity index (χ1n) is 3.56. The van der Waals surface area contributed by atoms with Gasteiger partial charge in [-0.25, -0.2) is 0 Å². The van der Waals surface area contributed by atoms with Crippen LogP contribution in [0.15, 0.2) is 0 Å². The number of rotatable bonds is 3. The molecule has 10 heteroatoms. The van der Waals surface area contributed by atoms with Gasteiger partial charge in [-0.15, -0.1) is 0 Å². The lowest BCUT2D eigenvalue weighted by Crippen LogP contribution is -2.71. The summed E-state index contributed by atoms with van der Waals surface area (Å²) >= 11 is 0. The van der Waals surface area contributed by atoms with Crippen LogP contribution in [0.25, 0.3) is 0 Å². The van der Waals surface area contributed by atoms with Crippen molar-refractivity contribution in [3.63, 3.8) is 0 Å². The molecule has 16 heavy (non-hydrogen) atoms. The van der Waals surface area contributed by atoms with Crippen molar-refractivity contribution in [1.29, 1.82) is 0 Å². The average molecular weight is 258 g/mol. The molecule has 0 aromatic heterocycles. The molecule has 0 aromatic carbocycles. The maximum Gasteiger partial charge on any atom is 0.449 e. The summed E-state index contributed by atoms with van der Waals surface area (Å²) in [5, 5.41) is 17.5. The lowest BCUT2D eigenvalue weighted by molar-refractivity contribution is -0.510. The molecular formula is C6H8F6O4. The zero-order valence-electron chi connectivity index (χ0n) is 7.98. The molecule has 0 fully saturated rings. The quantitative estimate of drug-likeness (QED) is 0.580. The van der Waals surface area contributed by atoms with E-state index in [9.17, 15) is 26.3 Å². The minimum atomic E-state index is -5.91. The van der Waals surface area contributed by atoms with Crippen LogP contribution >= 0.6 is 0 Å². The van der Waals surface area contributed by atoms with Gasteiger partial charge in [-0.05, 0) is 0 Å². The molecule has 4 nitrogen and oxygen atoms in total. The van der Waals surface area contributed by atoms with Gasteiger partial charge >= 0.3 is 23.9 Å². The topological polar surface area (TPSA) is 58.9 Å². The molecule has 0 aromatic rings. The molecule has 0 saturated heterocycles. The fraction of sp³-hybridized carbons (Fsp3) is 1.00. The Labute approximate surface area is 85.4 Å². The first kappa shape index (κ1) is 15.4. The maximum atomic E-state index is 12.2. The van der Waals surface area contributed by atoms with Crippen molar-refractivity contribution >= 4 is 0 Å². The second-order valence-corrected chi connectivity index (χ2v) is 2.69. The van der Waals surface area contributed by atoms with E-state index >= 15 is 0 Å². The molecule has 0 rings (SSSR count). The van der Waals surface area contributed by atoms with Crippen LogP contribution in [0.1, 0.15) is 0 Å². The number of aliphatic hydroxyl groups is 2. The van der Waals surface area contributed by atoms with Crippen LogP contribution in [-0.4, -0.2) is 48.4 Å². The van der Waals surface area contributed by atoms with Gasteiger partial charge in [0.25, 0.3) is 0 Å². The van der Waals surface area contributed by atoms with Crippen LogP contribution in [0.4, 0.5) is 26.3 Å². The predicted molar refractivity (Wildman–Crippen MR) is 36.0 cm³/mol. The fourth-order valence-corrected chi connectivity index (χ4v) is 0.892. The molecule has 0 aliphatic rings. The number of hydrogen-bond acceptors (Lipinski definition) is 4. The van der Waals surface area contributed by atoms with Crippen LogP contribution in [0.2, 0.25) is 0 Å². The summed E-state index contributed by atoms with van der Waals surface area (Å²) in [4.78, 5) is 0. The number of halogens is 6. The van der Waals surface area contributed by atoms with E-state index in [1.165, 1.54) is 0 Å². The first-order chi connectivity index (χ1) is 6.87. The Morgan fingerprint density at radius 2 is 0.875 bits per heavy atom. The Balaban J connectivity index is 5.70. The van der Waals surface area contributed by atoms with Crippen molar-refractivity contribution in [3.8, 4) is 0 Å². The number of methoxy groups -OCH3 is 2. The van der Waals surface area contributed by atoms with Crippen molar-refractivity contribution in [2.24, 2.45) is 0 Å². The van der Waals surface area contributed by atoms with E-state index < -0.39 is 23.9 Å². The monoisotopic (exact) mass is 258 g/mol. The summed E-state index contributed by atoms with van der Waals surface area (Å²) in [6.45, 7) is 0. The standard InChI is InChI=1S/C6H8F6O4/c1-15-3(13,5(7,8)9)4(14,16-2)6(10,11)12/h13-14H,1-2H3. The molecule has 0 radical (unpaired) electrons. The van der Waals surface area contributed by atoms with Crippen molar-refractivity contribution in [3.05, 3.63) is 0 Å². The van der Waals surface area contributed by atoms with Gasteiger partial charge in [0.05, 0.1) is 0 Å². The minimum absolute atomic E-state index is 0.142. The molecule has 98 valence electrons. The highest BCUT2D eigenvalue weighted by Crippen LogP contribution is 2.47. The molecule has 0 spiro atoms. The van der Waals surface area contributed by atoms with E-state index in [1.54, 1.807) is 0 Å². The zero-order chi connectivity index (χ0) is 13.4. The smallest absolute Gasteiger partial charge is 0.354 e. The van der Waals surface area contributed by atoms with Crippen molar-refractivity contribution < 1.29 is 46.0 Å². The third kappa shape index (κ3) is 1.97. The van der Waals surface area contributed by atoms with Gasteiger partial charge in [0, 0.05) is 14.2 Å². The van der Waals surface area contributed by atoms with Crippen molar-refractivity contribution in [1.82, 2.24) is 0 Å². The summed E-state index contributed by atoms with van der Waals surface area (Å²) < 4.78 is 79.9. The molecule has 0 heterocycles. The van der Waals surface area contributed by atoms with E-state index in [0.717, 1.165) is 0 Å². The molecule has 0 aliphatic carbocycles. The molecule has 2 N–H and O–H groups in total. The van der Waals surface area contributed by atoms with Gasteiger partial charge in [-0.3, -0.25) is 0 Å². The Morgan fingerprint density at radius 1 is 0.688 bits per heavy atom. The van der Waals surface area contributed by atoms with Crippen LogP contribution in [-0.2, 0) is 9.47 Å². The second-order valence-electron chi connectivity index (χ2n) is 2.69. The Kier molecular flexibility index (Phi) is 3.87. The third-order valence-corrected chi connectivity index (χ3v) is 1.82. The SMILES string of the molecule is COC(O)(C(F)(F)F)C(O)(OC)C(F)(F)F. The van der Waals surface area contributed by atoms with Crippen LogP contribution in [0, 0.1) is 0 Å². The number of alkyl halides is 6. The molecular weight excluding hydrogens is 250 g/mol. The van der Waals surface area contributed by atoms with Gasteiger partial charge in [-0.1, -0.05) is 0 Å². The third-order valence-electron chi connectivity index (χ3n) is 1.82. The highest BCUT2D eigenvalue weighted by atomic mass is 19.4. The van der Waals surface area contributed by atoms with E-state index in [4.69, 9.17) is 10.2 Å². The van der Waals surface area contributed by atoms with Crippen molar-refractivity contribution in [2.45, 2.75) is 23.9 Å². The number of ether oxygens (including phenoxy) is 2. The minimum Gasteiger partial charge on any atom is -0.354 e. The fourth-order valence-electron chi connectivity index (χ4n) is 0.892. The largest absolute Gasteiger partial charge is 0.449 e. The Bertz CT molecular complexity index is 224. The van der Waals surface area contributed by atoms with E-state index in [-0.39, 0.29) is 14.2 Å². The Morgan fingerprint density at radius 3 is 0.938 bits per heavy atom.